The summed E-state index contributed by atoms with van der Waals surface area (Å²) in [6.45, 7) is 2.08. The van der Waals surface area contributed by atoms with Crippen molar-refractivity contribution < 1.29 is 14.3 Å². The van der Waals surface area contributed by atoms with Crippen LogP contribution in [0.15, 0.2) is 70.1 Å². The lowest BCUT2D eigenvalue weighted by atomic mass is 10.2. The van der Waals surface area contributed by atoms with Crippen molar-refractivity contribution in [3.8, 4) is 0 Å². The highest BCUT2D eigenvalue weighted by atomic mass is 16.4. The Morgan fingerprint density at radius 1 is 1.00 bits per heavy atom. The number of benzene rings is 2. The average Bonchev–Trinajstić information content (AvgIpc) is 2.49. The first-order valence-corrected chi connectivity index (χ1v) is 6.35. The minimum Gasteiger partial charge on any atom is -0.477 e. The Labute approximate surface area is 121 Å². The minimum absolute atomic E-state index is 0.285. The molecule has 0 aliphatic carbocycles. The van der Waals surface area contributed by atoms with Crippen LogP contribution >= 0.6 is 0 Å². The summed E-state index contributed by atoms with van der Waals surface area (Å²) in [5, 5.41) is 8.95. The van der Waals surface area contributed by atoms with E-state index in [9.17, 15) is 9.59 Å². The van der Waals surface area contributed by atoms with E-state index in [2.05, 4.69) is 19.1 Å². The van der Waals surface area contributed by atoms with Gasteiger partial charge in [0.25, 0.3) is 0 Å². The summed E-state index contributed by atoms with van der Waals surface area (Å²) in [4.78, 5) is 22.1. The summed E-state index contributed by atoms with van der Waals surface area (Å²) in [5.74, 6) is -1.27. The van der Waals surface area contributed by atoms with E-state index in [4.69, 9.17) is 9.52 Å². The highest BCUT2D eigenvalue weighted by Gasteiger charge is 2.11. The number of para-hydroxylation sites is 1. The van der Waals surface area contributed by atoms with Crippen LogP contribution in [-0.4, -0.2) is 11.1 Å². The van der Waals surface area contributed by atoms with E-state index in [1.165, 1.54) is 11.6 Å². The lowest BCUT2D eigenvalue weighted by Crippen LogP contribution is -2.13. The first-order valence-electron chi connectivity index (χ1n) is 6.35. The molecule has 0 unspecified atom stereocenters. The van der Waals surface area contributed by atoms with Gasteiger partial charge in [0.1, 0.15) is 17.4 Å². The molecule has 1 N–H and O–H groups in total. The van der Waals surface area contributed by atoms with Crippen LogP contribution in [0.2, 0.25) is 0 Å². The van der Waals surface area contributed by atoms with Crippen molar-refractivity contribution in [2.75, 3.05) is 0 Å². The Morgan fingerprint density at radius 3 is 2.19 bits per heavy atom. The number of fused-ring (bicyclic) bond motifs is 1. The van der Waals surface area contributed by atoms with Crippen molar-refractivity contribution >= 4 is 16.9 Å². The smallest absolute Gasteiger partial charge is 0.342 e. The molecule has 21 heavy (non-hydrogen) atoms. The number of aryl methyl sites for hydroxylation is 1. The van der Waals surface area contributed by atoms with Gasteiger partial charge in [0, 0.05) is 0 Å². The van der Waals surface area contributed by atoms with Crippen molar-refractivity contribution in [1.29, 1.82) is 0 Å². The van der Waals surface area contributed by atoms with Gasteiger partial charge in [-0.1, -0.05) is 48.0 Å². The fourth-order valence-corrected chi connectivity index (χ4v) is 1.76. The molecule has 0 aliphatic heterocycles. The van der Waals surface area contributed by atoms with E-state index in [1.54, 1.807) is 18.2 Å². The van der Waals surface area contributed by atoms with Crippen LogP contribution in [0.3, 0.4) is 0 Å². The topological polar surface area (TPSA) is 67.5 Å². The maximum atomic E-state index is 11.5. The largest absolute Gasteiger partial charge is 0.477 e. The third-order valence-electron chi connectivity index (χ3n) is 2.85. The molecule has 0 saturated carbocycles. The van der Waals surface area contributed by atoms with Gasteiger partial charge in [0.2, 0.25) is 5.43 Å². The van der Waals surface area contributed by atoms with Crippen molar-refractivity contribution in [1.82, 2.24) is 0 Å². The molecule has 0 atom stereocenters. The van der Waals surface area contributed by atoms with Gasteiger partial charge in [-0.3, -0.25) is 4.79 Å². The number of carboxylic acids is 1. The maximum Gasteiger partial charge on any atom is 0.342 e. The minimum atomic E-state index is -1.27. The van der Waals surface area contributed by atoms with Crippen LogP contribution in [0.5, 0.6) is 0 Å². The average molecular weight is 282 g/mol. The number of carboxylic acid groups (broad SMARTS) is 1. The molecular formula is C17H14O4. The number of rotatable bonds is 1. The molecule has 0 amide bonds. The molecule has 0 aliphatic rings. The van der Waals surface area contributed by atoms with Crippen LogP contribution in [0.1, 0.15) is 15.9 Å². The Morgan fingerprint density at radius 2 is 1.62 bits per heavy atom. The standard InChI is InChI=1S/C10H6O4.C7H8/c11-9-6-3-1-2-4-8(6)14-5-7(9)10(12)13;1-7-5-3-2-4-6-7/h1-5H,(H,12,13);2-6H,1H3. The van der Waals surface area contributed by atoms with Gasteiger partial charge < -0.3 is 9.52 Å². The molecule has 3 aromatic rings. The first-order chi connectivity index (χ1) is 10.1. The number of hydrogen-bond acceptors (Lipinski definition) is 3. The van der Waals surface area contributed by atoms with E-state index in [1.807, 2.05) is 18.2 Å². The molecule has 4 heteroatoms. The second kappa shape index (κ2) is 6.52. The Kier molecular flexibility index (Phi) is 4.51. The molecule has 0 spiro atoms. The highest BCUT2D eigenvalue weighted by Crippen LogP contribution is 2.10. The molecule has 0 saturated heterocycles. The third kappa shape index (κ3) is 3.57. The van der Waals surface area contributed by atoms with Crippen LogP contribution in [0.4, 0.5) is 0 Å². The number of hydrogen-bond donors (Lipinski definition) is 1. The second-order valence-corrected chi connectivity index (χ2v) is 4.43. The van der Waals surface area contributed by atoms with E-state index in [0.717, 1.165) is 6.26 Å². The van der Waals surface area contributed by atoms with Crippen LogP contribution in [0, 0.1) is 6.92 Å². The van der Waals surface area contributed by atoms with E-state index < -0.39 is 11.4 Å². The fraction of sp³-hybridized carbons (Fsp3) is 0.0588. The van der Waals surface area contributed by atoms with Gasteiger partial charge >= 0.3 is 5.97 Å². The van der Waals surface area contributed by atoms with Gasteiger partial charge in [-0.15, -0.1) is 0 Å². The van der Waals surface area contributed by atoms with E-state index in [0.29, 0.717) is 5.58 Å². The van der Waals surface area contributed by atoms with E-state index >= 15 is 0 Å². The van der Waals surface area contributed by atoms with Crippen LogP contribution in [0.25, 0.3) is 11.0 Å². The maximum absolute atomic E-state index is 11.5. The zero-order valence-corrected chi connectivity index (χ0v) is 11.4. The van der Waals surface area contributed by atoms with Crippen LogP contribution < -0.4 is 5.43 Å². The summed E-state index contributed by atoms with van der Waals surface area (Å²) >= 11 is 0. The monoisotopic (exact) mass is 282 g/mol. The molecule has 106 valence electrons. The van der Waals surface area contributed by atoms with Gasteiger partial charge in [0.15, 0.2) is 0 Å². The summed E-state index contributed by atoms with van der Waals surface area (Å²) in [7, 11) is 0. The van der Waals surface area contributed by atoms with Gasteiger partial charge in [0.05, 0.1) is 5.39 Å². The molecule has 4 nitrogen and oxygen atoms in total. The molecule has 3 rings (SSSR count). The zero-order valence-electron chi connectivity index (χ0n) is 11.4. The predicted molar refractivity (Wildman–Crippen MR) is 80.6 cm³/mol. The molecule has 1 aromatic heterocycles. The summed E-state index contributed by atoms with van der Waals surface area (Å²) in [6, 6.07) is 16.8. The SMILES string of the molecule is Cc1ccccc1.O=C(O)c1coc2ccccc2c1=O. The van der Waals surface area contributed by atoms with Crippen LogP contribution in [-0.2, 0) is 0 Å². The predicted octanol–water partition coefficient (Wildman–Crippen LogP) is 3.49. The third-order valence-corrected chi connectivity index (χ3v) is 2.85. The van der Waals surface area contributed by atoms with Gasteiger partial charge in [-0.2, -0.15) is 0 Å². The molecule has 0 radical (unpaired) electrons. The Bertz CT molecular complexity index is 804. The number of aromatic carboxylic acids is 1. The lowest BCUT2D eigenvalue weighted by Gasteiger charge is -1.96. The zero-order chi connectivity index (χ0) is 15.2. The number of carbonyl (C=O) groups is 1. The molecule has 0 bridgehead atoms. The Balaban J connectivity index is 0.000000194. The summed E-state index contributed by atoms with van der Waals surface area (Å²) < 4.78 is 5.00. The van der Waals surface area contributed by atoms with Gasteiger partial charge in [-0.25, -0.2) is 4.79 Å². The van der Waals surface area contributed by atoms with E-state index in [-0.39, 0.29) is 10.9 Å². The van der Waals surface area contributed by atoms with Crippen molar-refractivity contribution in [3.05, 3.63) is 82.2 Å². The quantitative estimate of drug-likeness (QED) is 0.742. The normalized spacial score (nSPS) is 9.76. The molecule has 1 heterocycles. The highest BCUT2D eigenvalue weighted by molar-refractivity contribution is 5.91. The molecule has 2 aromatic carbocycles. The second-order valence-electron chi connectivity index (χ2n) is 4.43. The van der Waals surface area contributed by atoms with Crippen molar-refractivity contribution in [2.45, 2.75) is 6.92 Å². The van der Waals surface area contributed by atoms with Crippen molar-refractivity contribution in [3.63, 3.8) is 0 Å². The van der Waals surface area contributed by atoms with Crippen molar-refractivity contribution in [2.24, 2.45) is 0 Å². The summed E-state index contributed by atoms with van der Waals surface area (Å²) in [6.07, 6.45) is 0.965. The van der Waals surface area contributed by atoms with Gasteiger partial charge in [-0.05, 0) is 19.1 Å². The molecule has 0 fully saturated rings. The first kappa shape index (κ1) is 14.5. The Hall–Kier alpha value is -2.88. The molecular weight excluding hydrogens is 268 g/mol. The summed E-state index contributed by atoms with van der Waals surface area (Å²) in [5.41, 5.74) is 0.855. The lowest BCUT2D eigenvalue weighted by molar-refractivity contribution is 0.0693. The fourth-order valence-electron chi connectivity index (χ4n) is 1.76.